The first-order valence-corrected chi connectivity index (χ1v) is 1.55. The summed E-state index contributed by atoms with van der Waals surface area (Å²) in [5.74, 6) is 0. The Morgan fingerprint density at radius 1 is 0.714 bits per heavy atom. The monoisotopic (exact) mass is 291 g/mol. The van der Waals surface area contributed by atoms with Gasteiger partial charge in [-0.05, 0) is 0 Å². The zero-order valence-electron chi connectivity index (χ0n) is 3.78. The molecule has 0 N–H and O–H groups in total. The number of aromatic nitrogens is 3. The quantitative estimate of drug-likeness (QED) is 0.573. The summed E-state index contributed by atoms with van der Waals surface area (Å²) in [6, 6.07) is 0. The van der Waals surface area contributed by atoms with Gasteiger partial charge in [0.25, 0.3) is 0 Å². The predicted molar refractivity (Wildman–Crippen MR) is 28.4 cm³/mol. The van der Waals surface area contributed by atoms with Crippen LogP contribution in [-0.2, 0) is 0 Å². The molecule has 4 heteroatoms. The molecule has 0 aliphatic heterocycles. The Balaban J connectivity index is 0.000000360. The van der Waals surface area contributed by atoms with Crippen molar-refractivity contribution in [3.63, 3.8) is 0 Å². The van der Waals surface area contributed by atoms with Gasteiger partial charge in [0.2, 0.25) is 0 Å². The average Bonchev–Trinajstić information content (AvgIpc) is 1.72. The van der Waals surface area contributed by atoms with E-state index in [2.05, 4.69) is 15.0 Å². The third-order valence-corrected chi connectivity index (χ3v) is 0.400. The van der Waals surface area contributed by atoms with Gasteiger partial charge < -0.3 is 0 Å². The third kappa shape index (κ3) is 2.61. The normalized spacial score (nSPS) is 6.86. The Labute approximate surface area is 61.4 Å². The summed E-state index contributed by atoms with van der Waals surface area (Å²) in [6.45, 7) is 0. The second-order valence-electron chi connectivity index (χ2n) is 0.794. The van der Waals surface area contributed by atoms with Crippen LogP contribution in [0.4, 0.5) is 0 Å². The maximum atomic E-state index is 3.56. The van der Waals surface area contributed by atoms with Crippen LogP contribution in [0.25, 0.3) is 0 Å². The molecule has 0 atom stereocenters. The minimum Gasteiger partial charge on any atom is -0.225 e. The number of nitrogens with zero attached hydrogens (tertiary/aromatic N) is 3. The van der Waals surface area contributed by atoms with Crippen molar-refractivity contribution in [2.24, 2.45) is 0 Å². The minimum absolute atomic E-state index is 0. The number of hydrogen-bond acceptors (Lipinski definition) is 3. The molecule has 1 aromatic heterocycles. The van der Waals surface area contributed by atoms with E-state index in [1.165, 1.54) is 19.0 Å². The maximum Gasteiger partial charge on any atom is 0.119 e. The molecule has 0 aliphatic rings. The van der Waals surface area contributed by atoms with Crippen molar-refractivity contribution in [3.05, 3.63) is 19.0 Å². The molecule has 2 radical (unpaired) electrons. The van der Waals surface area contributed by atoms with Gasteiger partial charge in [0, 0.05) is 0 Å². The Morgan fingerprint density at radius 2 is 1.00 bits per heavy atom. The van der Waals surface area contributed by atoms with Gasteiger partial charge in [-0.25, -0.2) is 15.0 Å². The molecule has 0 aromatic carbocycles. The summed E-state index contributed by atoms with van der Waals surface area (Å²) in [7, 11) is 0. The SMILES string of the molecule is [PbH2].c1ncncn1. The third-order valence-electron chi connectivity index (χ3n) is 0.400. The fourth-order valence-electron chi connectivity index (χ4n) is 0.205. The van der Waals surface area contributed by atoms with Crippen LogP contribution in [0.3, 0.4) is 0 Å². The topological polar surface area (TPSA) is 38.7 Å². The van der Waals surface area contributed by atoms with Crippen LogP contribution in [0.1, 0.15) is 0 Å². The molecule has 0 saturated heterocycles. The fourth-order valence-corrected chi connectivity index (χ4v) is 0.205. The van der Waals surface area contributed by atoms with E-state index in [9.17, 15) is 0 Å². The minimum atomic E-state index is 0. The summed E-state index contributed by atoms with van der Waals surface area (Å²) in [6.07, 6.45) is 4.31. The fraction of sp³-hybridized carbons (Fsp3) is 0. The van der Waals surface area contributed by atoms with Gasteiger partial charge in [0.15, 0.2) is 0 Å². The Kier molecular flexibility index (Phi) is 4.06. The van der Waals surface area contributed by atoms with E-state index in [1.807, 2.05) is 0 Å². The summed E-state index contributed by atoms with van der Waals surface area (Å²) in [5.41, 5.74) is 0. The van der Waals surface area contributed by atoms with Gasteiger partial charge >= 0.3 is 27.3 Å². The molecule has 0 aliphatic carbocycles. The molecular formula is C3H5N3Pb. The second kappa shape index (κ2) is 4.10. The van der Waals surface area contributed by atoms with E-state index in [0.29, 0.717) is 0 Å². The van der Waals surface area contributed by atoms with Crippen LogP contribution in [-0.4, -0.2) is 42.3 Å². The first kappa shape index (κ1) is 6.93. The Bertz CT molecular complexity index is 82.1. The van der Waals surface area contributed by atoms with Crippen LogP contribution >= 0.6 is 0 Å². The van der Waals surface area contributed by atoms with Crippen molar-refractivity contribution in [1.29, 1.82) is 0 Å². The summed E-state index contributed by atoms with van der Waals surface area (Å²) < 4.78 is 0. The van der Waals surface area contributed by atoms with Crippen LogP contribution < -0.4 is 0 Å². The van der Waals surface area contributed by atoms with Gasteiger partial charge in [-0.15, -0.1) is 0 Å². The average molecular weight is 290 g/mol. The van der Waals surface area contributed by atoms with Crippen molar-refractivity contribution < 1.29 is 0 Å². The Morgan fingerprint density at radius 3 is 1.14 bits per heavy atom. The molecular weight excluding hydrogens is 285 g/mol. The second-order valence-corrected chi connectivity index (χ2v) is 0.794. The first-order chi connectivity index (χ1) is 3.00. The largest absolute Gasteiger partial charge is 0.225 e. The zero-order valence-corrected chi connectivity index (χ0v) is 9.28. The molecule has 0 amide bonds. The maximum absolute atomic E-state index is 3.56. The zero-order chi connectivity index (χ0) is 4.24. The standard InChI is InChI=1S/C3H3N3.Pb.2H/c1-4-2-6-3-5-1;;;/h1-3H;;;. The van der Waals surface area contributed by atoms with E-state index in [-0.39, 0.29) is 27.3 Å². The smallest absolute Gasteiger partial charge is 0.119 e. The van der Waals surface area contributed by atoms with Crippen LogP contribution in [0.2, 0.25) is 0 Å². The van der Waals surface area contributed by atoms with E-state index in [0.717, 1.165) is 0 Å². The van der Waals surface area contributed by atoms with Crippen molar-refractivity contribution in [2.75, 3.05) is 0 Å². The van der Waals surface area contributed by atoms with Gasteiger partial charge in [-0.2, -0.15) is 0 Å². The molecule has 3 nitrogen and oxygen atoms in total. The molecule has 0 spiro atoms. The molecule has 0 bridgehead atoms. The number of hydrogen-bond donors (Lipinski definition) is 0. The molecule has 7 heavy (non-hydrogen) atoms. The van der Waals surface area contributed by atoms with Crippen molar-refractivity contribution in [1.82, 2.24) is 15.0 Å². The summed E-state index contributed by atoms with van der Waals surface area (Å²) >= 11 is 0. The van der Waals surface area contributed by atoms with E-state index in [1.54, 1.807) is 0 Å². The molecule has 1 aromatic rings. The van der Waals surface area contributed by atoms with E-state index < -0.39 is 0 Å². The van der Waals surface area contributed by atoms with Gasteiger partial charge in [0.05, 0.1) is 0 Å². The molecule has 0 fully saturated rings. The molecule has 0 saturated carbocycles. The molecule has 36 valence electrons. The van der Waals surface area contributed by atoms with E-state index in [4.69, 9.17) is 0 Å². The van der Waals surface area contributed by atoms with Gasteiger partial charge in [-0.1, -0.05) is 0 Å². The molecule has 1 rings (SSSR count). The Hall–Kier alpha value is -0.0679. The summed E-state index contributed by atoms with van der Waals surface area (Å²) in [4.78, 5) is 10.7. The van der Waals surface area contributed by atoms with Crippen LogP contribution in [0, 0.1) is 0 Å². The van der Waals surface area contributed by atoms with Crippen LogP contribution in [0.5, 0.6) is 0 Å². The molecule has 0 unspecified atom stereocenters. The van der Waals surface area contributed by atoms with Crippen LogP contribution in [0.15, 0.2) is 19.0 Å². The van der Waals surface area contributed by atoms with Crippen molar-refractivity contribution in [2.45, 2.75) is 0 Å². The summed E-state index contributed by atoms with van der Waals surface area (Å²) in [5, 5.41) is 0. The predicted octanol–water partition coefficient (Wildman–Crippen LogP) is -1.04. The van der Waals surface area contributed by atoms with Crippen molar-refractivity contribution >= 4 is 27.3 Å². The van der Waals surface area contributed by atoms with E-state index >= 15 is 0 Å². The van der Waals surface area contributed by atoms with Crippen molar-refractivity contribution in [3.8, 4) is 0 Å². The van der Waals surface area contributed by atoms with Gasteiger partial charge in [0.1, 0.15) is 19.0 Å². The molecule has 1 heterocycles. The first-order valence-electron chi connectivity index (χ1n) is 1.55. The van der Waals surface area contributed by atoms with Gasteiger partial charge in [-0.3, -0.25) is 0 Å². The number of rotatable bonds is 0.